The zero-order chi connectivity index (χ0) is 23.2. The van der Waals surface area contributed by atoms with E-state index in [0.29, 0.717) is 6.61 Å². The van der Waals surface area contributed by atoms with E-state index in [1.807, 2.05) is 0 Å². The highest BCUT2D eigenvalue weighted by Crippen LogP contribution is 2.16. The number of unbranched alkanes of at least 4 members (excludes halogenated alkanes) is 6. The molecule has 0 fully saturated rings. The molecule has 0 amide bonds. The Balaban J connectivity index is 4.24. The summed E-state index contributed by atoms with van der Waals surface area (Å²) in [6, 6.07) is 0. The van der Waals surface area contributed by atoms with Crippen LogP contribution in [0.1, 0.15) is 85.0 Å². The van der Waals surface area contributed by atoms with Gasteiger partial charge in [0, 0.05) is 32.8 Å². The number of ether oxygens (including phenoxy) is 2. The van der Waals surface area contributed by atoms with Crippen LogP contribution >= 0.6 is 0 Å². The van der Waals surface area contributed by atoms with Crippen molar-refractivity contribution in [2.45, 2.75) is 91.1 Å². The van der Waals surface area contributed by atoms with Crippen molar-refractivity contribution in [1.29, 1.82) is 0 Å². The number of carbonyl (C=O) groups is 1. The summed E-state index contributed by atoms with van der Waals surface area (Å²) in [6.07, 6.45) is 8.74. The lowest BCUT2D eigenvalue weighted by atomic mass is 10.0. The van der Waals surface area contributed by atoms with Gasteiger partial charge in [0.1, 0.15) is 12.7 Å². The molecule has 0 bridgehead atoms. The minimum absolute atomic E-state index is 0.110. The van der Waals surface area contributed by atoms with Crippen molar-refractivity contribution >= 4 is 6.16 Å². The van der Waals surface area contributed by atoms with Gasteiger partial charge in [-0.1, -0.05) is 46.5 Å². The summed E-state index contributed by atoms with van der Waals surface area (Å²) in [5.74, 6) is 0. The molecule has 0 unspecified atom stereocenters. The van der Waals surface area contributed by atoms with Gasteiger partial charge in [-0.3, -0.25) is 4.90 Å². The summed E-state index contributed by atoms with van der Waals surface area (Å²) >= 11 is 0. The van der Waals surface area contributed by atoms with Crippen LogP contribution in [0.25, 0.3) is 0 Å². The standard InChI is InChI=1S/C24H50N2O5/c1-4-25(5-2)17-18-26(6-3)19-22-30-24(29)31-23(15-11-7-9-13-20-27)16-12-8-10-14-21-28/h23,27-28H,4-22H2,1-3H3. The first-order valence-corrected chi connectivity index (χ1v) is 12.6. The van der Waals surface area contributed by atoms with Gasteiger partial charge in [0.05, 0.1) is 0 Å². The number of likely N-dealkylation sites (N-methyl/N-ethyl adjacent to an activating group) is 2. The molecule has 0 saturated carbocycles. The number of carbonyl (C=O) groups excluding carboxylic acids is 1. The van der Waals surface area contributed by atoms with Crippen molar-refractivity contribution in [3.8, 4) is 0 Å². The molecule has 0 spiro atoms. The molecule has 2 N–H and O–H groups in total. The molecule has 0 rings (SSSR count). The number of rotatable bonds is 22. The van der Waals surface area contributed by atoms with Crippen LogP contribution in [0.3, 0.4) is 0 Å². The Kier molecular flexibility index (Phi) is 21.7. The number of hydrogen-bond acceptors (Lipinski definition) is 7. The van der Waals surface area contributed by atoms with Crippen LogP contribution < -0.4 is 0 Å². The van der Waals surface area contributed by atoms with Gasteiger partial charge < -0.3 is 24.6 Å². The van der Waals surface area contributed by atoms with Crippen LogP contribution in [-0.2, 0) is 9.47 Å². The second-order valence-corrected chi connectivity index (χ2v) is 8.15. The molecule has 0 saturated heterocycles. The summed E-state index contributed by atoms with van der Waals surface area (Å²) in [5, 5.41) is 17.8. The van der Waals surface area contributed by atoms with Gasteiger partial charge in [0.25, 0.3) is 0 Å². The fourth-order valence-electron chi connectivity index (χ4n) is 3.62. The van der Waals surface area contributed by atoms with E-state index in [4.69, 9.17) is 19.7 Å². The molecule has 0 aromatic heterocycles. The maximum Gasteiger partial charge on any atom is 0.508 e. The summed E-state index contributed by atoms with van der Waals surface area (Å²) in [5.41, 5.74) is 0. The molecule has 0 aliphatic rings. The first-order valence-electron chi connectivity index (χ1n) is 12.6. The van der Waals surface area contributed by atoms with Crippen LogP contribution in [-0.4, -0.2) is 91.4 Å². The molecule has 0 aliphatic carbocycles. The van der Waals surface area contributed by atoms with E-state index in [1.165, 1.54) is 0 Å². The van der Waals surface area contributed by atoms with Gasteiger partial charge in [0.2, 0.25) is 0 Å². The number of hydrogen-bond donors (Lipinski definition) is 2. The molecule has 31 heavy (non-hydrogen) atoms. The lowest BCUT2D eigenvalue weighted by Gasteiger charge is -2.25. The highest BCUT2D eigenvalue weighted by Gasteiger charge is 2.16. The first kappa shape index (κ1) is 30.1. The predicted octanol–water partition coefficient (Wildman–Crippen LogP) is 4.06. The highest BCUT2D eigenvalue weighted by molar-refractivity contribution is 5.60. The van der Waals surface area contributed by atoms with Crippen molar-refractivity contribution in [2.24, 2.45) is 0 Å². The first-order chi connectivity index (χ1) is 15.1. The Bertz CT molecular complexity index is 380. The van der Waals surface area contributed by atoms with Gasteiger partial charge >= 0.3 is 6.16 Å². The van der Waals surface area contributed by atoms with E-state index >= 15 is 0 Å². The van der Waals surface area contributed by atoms with Gasteiger partial charge in [0.15, 0.2) is 0 Å². The molecule has 0 aliphatic heterocycles. The van der Waals surface area contributed by atoms with Gasteiger partial charge in [-0.2, -0.15) is 0 Å². The lowest BCUT2D eigenvalue weighted by Crippen LogP contribution is -2.37. The molecule has 0 aromatic carbocycles. The summed E-state index contributed by atoms with van der Waals surface area (Å²) in [7, 11) is 0. The Labute approximate surface area is 191 Å². The molecule has 0 atom stereocenters. The maximum atomic E-state index is 12.2. The number of aliphatic hydroxyl groups is 2. The van der Waals surface area contributed by atoms with Gasteiger partial charge in [-0.25, -0.2) is 4.79 Å². The third-order valence-electron chi connectivity index (χ3n) is 5.83. The molecule has 0 radical (unpaired) electrons. The highest BCUT2D eigenvalue weighted by atomic mass is 16.7. The summed E-state index contributed by atoms with van der Waals surface area (Å²) in [6.45, 7) is 13.1. The summed E-state index contributed by atoms with van der Waals surface area (Å²) in [4.78, 5) is 16.9. The van der Waals surface area contributed by atoms with Crippen molar-refractivity contribution in [3.63, 3.8) is 0 Å². The minimum atomic E-state index is -0.560. The predicted molar refractivity (Wildman–Crippen MR) is 126 cm³/mol. The fourth-order valence-corrected chi connectivity index (χ4v) is 3.62. The third kappa shape index (κ3) is 18.4. The van der Waals surface area contributed by atoms with E-state index in [-0.39, 0.29) is 19.3 Å². The molecule has 7 nitrogen and oxygen atoms in total. The van der Waals surface area contributed by atoms with Crippen LogP contribution in [0, 0.1) is 0 Å². The lowest BCUT2D eigenvalue weighted by molar-refractivity contribution is 0.0118. The molecular weight excluding hydrogens is 396 g/mol. The Morgan fingerprint density at radius 1 is 0.710 bits per heavy atom. The quantitative estimate of drug-likeness (QED) is 0.192. The SMILES string of the molecule is CCN(CC)CCN(CC)CCOC(=O)OC(CCCCCCO)CCCCCCO. The van der Waals surface area contributed by atoms with E-state index in [1.54, 1.807) is 0 Å². The molecule has 0 aromatic rings. The zero-order valence-corrected chi connectivity index (χ0v) is 20.5. The molecule has 7 heteroatoms. The number of nitrogens with zero attached hydrogens (tertiary/aromatic N) is 2. The van der Waals surface area contributed by atoms with Crippen molar-refractivity contribution in [3.05, 3.63) is 0 Å². The number of aliphatic hydroxyl groups excluding tert-OH is 2. The topological polar surface area (TPSA) is 82.5 Å². The Morgan fingerprint density at radius 2 is 1.19 bits per heavy atom. The summed E-state index contributed by atoms with van der Waals surface area (Å²) < 4.78 is 11.0. The minimum Gasteiger partial charge on any atom is -0.433 e. The Hall–Kier alpha value is -0.890. The molecule has 186 valence electrons. The van der Waals surface area contributed by atoms with E-state index in [2.05, 4.69) is 30.6 Å². The molecular formula is C24H50N2O5. The maximum absolute atomic E-state index is 12.2. The normalized spacial score (nSPS) is 11.6. The largest absolute Gasteiger partial charge is 0.508 e. The Morgan fingerprint density at radius 3 is 1.68 bits per heavy atom. The second kappa shape index (κ2) is 22.3. The smallest absolute Gasteiger partial charge is 0.433 e. The van der Waals surface area contributed by atoms with Crippen LogP contribution in [0.4, 0.5) is 4.79 Å². The average Bonchev–Trinajstić information content (AvgIpc) is 2.77. The van der Waals surface area contributed by atoms with Crippen molar-refractivity contribution < 1.29 is 24.5 Å². The van der Waals surface area contributed by atoms with E-state index in [0.717, 1.165) is 103 Å². The van der Waals surface area contributed by atoms with Crippen molar-refractivity contribution in [1.82, 2.24) is 9.80 Å². The average molecular weight is 447 g/mol. The van der Waals surface area contributed by atoms with E-state index < -0.39 is 6.16 Å². The molecule has 0 heterocycles. The van der Waals surface area contributed by atoms with Crippen LogP contribution in [0.2, 0.25) is 0 Å². The fraction of sp³-hybridized carbons (Fsp3) is 0.958. The van der Waals surface area contributed by atoms with Crippen LogP contribution in [0.15, 0.2) is 0 Å². The van der Waals surface area contributed by atoms with Crippen molar-refractivity contribution in [2.75, 3.05) is 59.1 Å². The second-order valence-electron chi connectivity index (χ2n) is 8.15. The zero-order valence-electron chi connectivity index (χ0n) is 20.5. The third-order valence-corrected chi connectivity index (χ3v) is 5.83. The van der Waals surface area contributed by atoms with Gasteiger partial charge in [-0.15, -0.1) is 0 Å². The van der Waals surface area contributed by atoms with Gasteiger partial charge in [-0.05, 0) is 58.2 Å². The monoisotopic (exact) mass is 446 g/mol. The van der Waals surface area contributed by atoms with Crippen LogP contribution in [0.5, 0.6) is 0 Å². The van der Waals surface area contributed by atoms with E-state index in [9.17, 15) is 4.79 Å².